The molecular formula is C13H17FO2. The molecule has 1 heterocycles. The first-order chi connectivity index (χ1) is 7.74. The van der Waals surface area contributed by atoms with Gasteiger partial charge in [-0.3, -0.25) is 0 Å². The Hall–Kier alpha value is -1.09. The molecule has 0 saturated carbocycles. The molecule has 0 bridgehead atoms. The number of hydrogen-bond donors (Lipinski definition) is 0. The summed E-state index contributed by atoms with van der Waals surface area (Å²) in [6, 6.07) is 6.13. The Balaban J connectivity index is 1.77. The van der Waals surface area contributed by atoms with Crippen LogP contribution in [-0.4, -0.2) is 19.3 Å². The van der Waals surface area contributed by atoms with Crippen molar-refractivity contribution in [2.45, 2.75) is 25.9 Å². The number of rotatable bonds is 3. The van der Waals surface area contributed by atoms with Crippen LogP contribution in [0.25, 0.3) is 0 Å². The molecule has 88 valence electrons. The third-order valence-electron chi connectivity index (χ3n) is 2.90. The first kappa shape index (κ1) is 11.4. The van der Waals surface area contributed by atoms with E-state index in [0.717, 1.165) is 25.2 Å². The Kier molecular flexibility index (Phi) is 3.78. The molecule has 0 unspecified atom stereocenters. The lowest BCUT2D eigenvalue weighted by atomic mass is 10.00. The molecule has 1 saturated heterocycles. The second-order valence-corrected chi connectivity index (χ2v) is 4.35. The van der Waals surface area contributed by atoms with E-state index in [4.69, 9.17) is 9.47 Å². The van der Waals surface area contributed by atoms with Crippen LogP contribution < -0.4 is 4.74 Å². The molecule has 0 spiro atoms. The van der Waals surface area contributed by atoms with Crippen molar-refractivity contribution in [2.75, 3.05) is 13.2 Å². The molecule has 0 N–H and O–H groups in total. The fourth-order valence-corrected chi connectivity index (χ4v) is 1.81. The van der Waals surface area contributed by atoms with Gasteiger partial charge in [0.2, 0.25) is 0 Å². The van der Waals surface area contributed by atoms with E-state index in [-0.39, 0.29) is 5.82 Å². The van der Waals surface area contributed by atoms with Crippen LogP contribution in [0.4, 0.5) is 4.39 Å². The summed E-state index contributed by atoms with van der Waals surface area (Å²) in [5.41, 5.74) is 0. The molecule has 2 nitrogen and oxygen atoms in total. The minimum atomic E-state index is -0.234. The quantitative estimate of drug-likeness (QED) is 0.785. The van der Waals surface area contributed by atoms with Gasteiger partial charge in [-0.15, -0.1) is 0 Å². The molecule has 1 aromatic carbocycles. The maximum Gasteiger partial charge on any atom is 0.123 e. The first-order valence-electron chi connectivity index (χ1n) is 5.74. The number of ether oxygens (including phenoxy) is 2. The number of halogens is 1. The van der Waals surface area contributed by atoms with Gasteiger partial charge in [-0.25, -0.2) is 4.39 Å². The van der Waals surface area contributed by atoms with Gasteiger partial charge in [0.1, 0.15) is 11.6 Å². The van der Waals surface area contributed by atoms with Crippen molar-refractivity contribution >= 4 is 0 Å². The van der Waals surface area contributed by atoms with Gasteiger partial charge in [0.15, 0.2) is 0 Å². The van der Waals surface area contributed by atoms with E-state index in [0.29, 0.717) is 18.6 Å². The first-order valence-corrected chi connectivity index (χ1v) is 5.74. The molecule has 3 heteroatoms. The summed E-state index contributed by atoms with van der Waals surface area (Å²) in [5, 5.41) is 0. The Morgan fingerprint density at radius 2 is 2.06 bits per heavy atom. The van der Waals surface area contributed by atoms with Crippen LogP contribution in [0.5, 0.6) is 5.75 Å². The van der Waals surface area contributed by atoms with Crippen LogP contribution in [0.3, 0.4) is 0 Å². The fraction of sp³-hybridized carbons (Fsp3) is 0.538. The summed E-state index contributed by atoms with van der Waals surface area (Å²) >= 11 is 0. The maximum absolute atomic E-state index is 12.6. The molecule has 1 aromatic rings. The maximum atomic E-state index is 12.6. The molecule has 1 aliphatic rings. The zero-order chi connectivity index (χ0) is 11.4. The van der Waals surface area contributed by atoms with Crippen molar-refractivity contribution in [1.29, 1.82) is 0 Å². The highest BCUT2D eigenvalue weighted by Crippen LogP contribution is 2.20. The van der Waals surface area contributed by atoms with E-state index >= 15 is 0 Å². The third-order valence-corrected chi connectivity index (χ3v) is 2.90. The van der Waals surface area contributed by atoms with Crippen LogP contribution in [0.2, 0.25) is 0 Å². The zero-order valence-electron chi connectivity index (χ0n) is 9.49. The molecule has 0 aromatic heterocycles. The lowest BCUT2D eigenvalue weighted by molar-refractivity contribution is -0.0171. The van der Waals surface area contributed by atoms with Crippen molar-refractivity contribution in [1.82, 2.24) is 0 Å². The van der Waals surface area contributed by atoms with Crippen LogP contribution in [0, 0.1) is 11.7 Å². The van der Waals surface area contributed by atoms with Crippen molar-refractivity contribution in [3.05, 3.63) is 30.1 Å². The summed E-state index contributed by atoms with van der Waals surface area (Å²) in [4.78, 5) is 0. The molecule has 2 rings (SSSR count). The van der Waals surface area contributed by atoms with E-state index in [2.05, 4.69) is 6.92 Å². The van der Waals surface area contributed by atoms with Crippen LogP contribution >= 0.6 is 0 Å². The zero-order valence-corrected chi connectivity index (χ0v) is 9.49. The summed E-state index contributed by atoms with van der Waals surface area (Å²) in [6.07, 6.45) is 2.61. The molecular weight excluding hydrogens is 207 g/mol. The molecule has 1 aliphatic heterocycles. The third kappa shape index (κ3) is 3.20. The van der Waals surface area contributed by atoms with E-state index in [1.807, 2.05) is 0 Å². The second kappa shape index (κ2) is 5.30. The predicted octanol–water partition coefficient (Wildman–Crippen LogP) is 3.02. The van der Waals surface area contributed by atoms with Crippen molar-refractivity contribution < 1.29 is 13.9 Å². The largest absolute Gasteiger partial charge is 0.493 e. The van der Waals surface area contributed by atoms with E-state index < -0.39 is 0 Å². The smallest absolute Gasteiger partial charge is 0.123 e. The Labute approximate surface area is 95.4 Å². The van der Waals surface area contributed by atoms with Gasteiger partial charge < -0.3 is 9.47 Å². The molecule has 0 aliphatic carbocycles. The van der Waals surface area contributed by atoms with Gasteiger partial charge in [-0.05, 0) is 44.0 Å². The lowest BCUT2D eigenvalue weighted by Gasteiger charge is -2.26. The summed E-state index contributed by atoms with van der Waals surface area (Å²) in [5.74, 6) is 0.948. The highest BCUT2D eigenvalue weighted by molar-refractivity contribution is 5.22. The van der Waals surface area contributed by atoms with Gasteiger partial charge in [-0.1, -0.05) is 0 Å². The molecule has 16 heavy (non-hydrogen) atoms. The average molecular weight is 224 g/mol. The van der Waals surface area contributed by atoms with Crippen LogP contribution in [0.1, 0.15) is 19.8 Å². The number of hydrogen-bond acceptors (Lipinski definition) is 2. The van der Waals surface area contributed by atoms with Crippen molar-refractivity contribution in [3.63, 3.8) is 0 Å². The van der Waals surface area contributed by atoms with Gasteiger partial charge in [0, 0.05) is 5.92 Å². The summed E-state index contributed by atoms with van der Waals surface area (Å²) in [7, 11) is 0. The SMILES string of the molecule is C[C@@H]1CC[C@H](COc2ccc(F)cc2)CO1. The van der Waals surface area contributed by atoms with E-state index in [1.165, 1.54) is 12.1 Å². The predicted molar refractivity (Wildman–Crippen MR) is 60.0 cm³/mol. The van der Waals surface area contributed by atoms with Crippen LogP contribution in [0.15, 0.2) is 24.3 Å². The second-order valence-electron chi connectivity index (χ2n) is 4.35. The number of benzene rings is 1. The Morgan fingerprint density at radius 1 is 1.31 bits per heavy atom. The summed E-state index contributed by atoms with van der Waals surface area (Å²) < 4.78 is 23.8. The lowest BCUT2D eigenvalue weighted by Crippen LogP contribution is -2.27. The topological polar surface area (TPSA) is 18.5 Å². The minimum absolute atomic E-state index is 0.234. The Bertz CT molecular complexity index is 315. The molecule has 0 radical (unpaired) electrons. The average Bonchev–Trinajstić information content (AvgIpc) is 2.30. The van der Waals surface area contributed by atoms with Crippen molar-refractivity contribution in [2.24, 2.45) is 5.92 Å². The normalized spacial score (nSPS) is 25.4. The van der Waals surface area contributed by atoms with Gasteiger partial charge in [-0.2, -0.15) is 0 Å². The summed E-state index contributed by atoms with van der Waals surface area (Å²) in [6.45, 7) is 3.51. The monoisotopic (exact) mass is 224 g/mol. The molecule has 1 fully saturated rings. The standard InChI is InChI=1S/C13H17FO2/c1-10-2-3-11(8-15-10)9-16-13-6-4-12(14)5-7-13/h4-7,10-11H,2-3,8-9H2,1H3/t10-,11+/m1/s1. The van der Waals surface area contributed by atoms with Gasteiger partial charge in [0.05, 0.1) is 19.3 Å². The fourth-order valence-electron chi connectivity index (χ4n) is 1.81. The van der Waals surface area contributed by atoms with Crippen LogP contribution in [-0.2, 0) is 4.74 Å². The highest BCUT2D eigenvalue weighted by atomic mass is 19.1. The minimum Gasteiger partial charge on any atom is -0.493 e. The molecule has 0 amide bonds. The van der Waals surface area contributed by atoms with Gasteiger partial charge >= 0.3 is 0 Å². The highest BCUT2D eigenvalue weighted by Gasteiger charge is 2.18. The Morgan fingerprint density at radius 3 is 2.69 bits per heavy atom. The van der Waals surface area contributed by atoms with E-state index in [9.17, 15) is 4.39 Å². The molecule has 2 atom stereocenters. The van der Waals surface area contributed by atoms with Crippen molar-refractivity contribution in [3.8, 4) is 5.75 Å². The van der Waals surface area contributed by atoms with E-state index in [1.54, 1.807) is 12.1 Å². The van der Waals surface area contributed by atoms with Gasteiger partial charge in [0.25, 0.3) is 0 Å².